The third kappa shape index (κ3) is 5.67. The lowest BCUT2D eigenvalue weighted by atomic mass is 9.95. The third-order valence-electron chi connectivity index (χ3n) is 6.44. The van der Waals surface area contributed by atoms with Crippen molar-refractivity contribution in [3.8, 4) is 11.5 Å². The molecule has 0 saturated carbocycles. The van der Waals surface area contributed by atoms with Gasteiger partial charge in [0, 0.05) is 5.75 Å². The molecule has 0 bridgehead atoms. The minimum Gasteiger partial charge on any atom is -0.503 e. The molecule has 0 spiro atoms. The minimum atomic E-state index is -0.917. The topological polar surface area (TPSA) is 92.6 Å². The third-order valence-corrected chi connectivity index (χ3v) is 9.43. The van der Waals surface area contributed by atoms with E-state index >= 15 is 0 Å². The highest BCUT2D eigenvalue weighted by Crippen LogP contribution is 2.45. The van der Waals surface area contributed by atoms with E-state index in [0.717, 1.165) is 5.56 Å². The molecule has 1 unspecified atom stereocenters. The highest BCUT2D eigenvalue weighted by molar-refractivity contribution is 8.00. The zero-order chi connectivity index (χ0) is 28.3. The number of amides is 1. The monoisotopic (exact) mass is 597 g/mol. The van der Waals surface area contributed by atoms with Crippen molar-refractivity contribution in [3.63, 3.8) is 0 Å². The Morgan fingerprint density at radius 3 is 2.51 bits per heavy atom. The molecule has 1 aliphatic rings. The molecular weight excluding hydrogens is 575 g/mol. The number of aryl methyl sites for hydroxylation is 1. The molecule has 0 fully saturated rings. The van der Waals surface area contributed by atoms with Crippen LogP contribution >= 0.6 is 34.4 Å². The zero-order valence-corrected chi connectivity index (χ0v) is 24.2. The summed E-state index contributed by atoms with van der Waals surface area (Å²) >= 11 is 4.01. The summed E-state index contributed by atoms with van der Waals surface area (Å²) < 4.78 is 6.71. The van der Waals surface area contributed by atoms with E-state index in [0.29, 0.717) is 37.2 Å². The molecule has 3 aromatic carbocycles. The molecular formula is C31H23N3O4S3. The van der Waals surface area contributed by atoms with Crippen LogP contribution in [0.25, 0.3) is 0 Å². The lowest BCUT2D eigenvalue weighted by molar-refractivity contribution is -0.117. The number of para-hydroxylation sites is 1. The number of hydrogen-bond donors (Lipinski definition) is 1. The fourth-order valence-corrected chi connectivity index (χ4v) is 6.95. The fraction of sp³-hybridized carbons (Fsp3) is 0.0968. The average molecular weight is 598 g/mol. The van der Waals surface area contributed by atoms with Gasteiger partial charge in [-0.15, -0.1) is 21.5 Å². The van der Waals surface area contributed by atoms with Gasteiger partial charge in [0.05, 0.1) is 16.5 Å². The number of hydrogen-bond acceptors (Lipinski definition) is 9. The lowest BCUT2D eigenvalue weighted by Crippen LogP contribution is -2.31. The number of aliphatic hydroxyl groups excluding tert-OH is 1. The van der Waals surface area contributed by atoms with Gasteiger partial charge in [-0.05, 0) is 53.8 Å². The lowest BCUT2D eigenvalue weighted by Gasteiger charge is -2.24. The van der Waals surface area contributed by atoms with Crippen molar-refractivity contribution in [2.24, 2.45) is 0 Å². The molecule has 0 radical (unpaired) electrons. The van der Waals surface area contributed by atoms with Gasteiger partial charge in [0.15, 0.2) is 10.1 Å². The largest absolute Gasteiger partial charge is 0.503 e. The summed E-state index contributed by atoms with van der Waals surface area (Å²) in [6.45, 7) is 2.04. The van der Waals surface area contributed by atoms with E-state index in [2.05, 4.69) is 34.5 Å². The smallest absolute Gasteiger partial charge is 0.296 e. The zero-order valence-electron chi connectivity index (χ0n) is 21.8. The van der Waals surface area contributed by atoms with Gasteiger partial charge in [0.1, 0.15) is 11.5 Å². The molecule has 0 saturated heterocycles. The summed E-state index contributed by atoms with van der Waals surface area (Å²) in [5.41, 5.74) is 2.93. The number of thiophene rings is 1. The van der Waals surface area contributed by atoms with Crippen molar-refractivity contribution >= 4 is 51.3 Å². The molecule has 2 aromatic heterocycles. The van der Waals surface area contributed by atoms with E-state index in [1.807, 2.05) is 37.3 Å². The average Bonchev–Trinajstić information content (AvgIpc) is 3.74. The van der Waals surface area contributed by atoms with Gasteiger partial charge in [-0.1, -0.05) is 89.3 Å². The first kappa shape index (κ1) is 26.9. The van der Waals surface area contributed by atoms with E-state index in [-0.39, 0.29) is 5.57 Å². The van der Waals surface area contributed by atoms with E-state index in [4.69, 9.17) is 4.74 Å². The molecule has 1 amide bonds. The maximum Gasteiger partial charge on any atom is 0.296 e. The molecule has 1 N–H and O–H groups in total. The van der Waals surface area contributed by atoms with Crippen LogP contribution in [0.15, 0.2) is 112 Å². The van der Waals surface area contributed by atoms with E-state index < -0.39 is 23.5 Å². The van der Waals surface area contributed by atoms with Gasteiger partial charge < -0.3 is 9.84 Å². The summed E-state index contributed by atoms with van der Waals surface area (Å²) in [5.74, 6) is 0.170. The highest BCUT2D eigenvalue weighted by atomic mass is 32.2. The molecule has 1 atom stereocenters. The molecule has 41 heavy (non-hydrogen) atoms. The van der Waals surface area contributed by atoms with E-state index in [1.54, 1.807) is 41.8 Å². The number of carbonyl (C=O) groups excluding carboxylic acids is 2. The van der Waals surface area contributed by atoms with Crippen LogP contribution in [-0.4, -0.2) is 27.0 Å². The SMILES string of the molecule is Cc1ccc(CSc2nnc(N3C(=O)C(O)=C(C(=O)c4cccs4)C3c3cccc(Oc4ccccc4)c3)s2)cc1. The normalized spacial score (nSPS) is 15.0. The number of carbonyl (C=O) groups is 2. The molecule has 1 aliphatic heterocycles. The Hall–Kier alpha value is -4.25. The Morgan fingerprint density at radius 1 is 0.976 bits per heavy atom. The quantitative estimate of drug-likeness (QED) is 0.105. The summed E-state index contributed by atoms with van der Waals surface area (Å²) in [4.78, 5) is 29.0. The number of rotatable bonds is 9. The Bertz CT molecular complexity index is 1730. The van der Waals surface area contributed by atoms with Gasteiger partial charge in [-0.3, -0.25) is 14.5 Å². The Morgan fingerprint density at radius 2 is 1.76 bits per heavy atom. The standard InChI is InChI=1S/C31H23N3O4S3/c1-19-12-14-20(15-13-19)18-40-31-33-32-30(41-31)34-26(25(28(36)29(34)37)27(35)24-11-6-16-39-24)21-7-5-10-23(17-21)38-22-8-3-2-4-9-22/h2-17,26,36H,18H2,1H3. The summed E-state index contributed by atoms with van der Waals surface area (Å²) in [6, 6.07) is 27.3. The molecule has 3 heterocycles. The first-order valence-corrected chi connectivity index (χ1v) is 15.4. The number of nitrogens with zero attached hydrogens (tertiary/aromatic N) is 3. The predicted octanol–water partition coefficient (Wildman–Crippen LogP) is 7.78. The van der Waals surface area contributed by atoms with Crippen LogP contribution in [-0.2, 0) is 10.5 Å². The van der Waals surface area contributed by atoms with Gasteiger partial charge in [-0.2, -0.15) is 0 Å². The fourth-order valence-electron chi connectivity index (χ4n) is 4.45. The van der Waals surface area contributed by atoms with Crippen molar-refractivity contribution in [1.82, 2.24) is 10.2 Å². The second-order valence-electron chi connectivity index (χ2n) is 9.26. The number of aromatic nitrogens is 2. The molecule has 204 valence electrons. The van der Waals surface area contributed by atoms with Crippen LogP contribution < -0.4 is 9.64 Å². The Kier molecular flexibility index (Phi) is 7.69. The maximum absolute atomic E-state index is 13.6. The number of thioether (sulfide) groups is 1. The van der Waals surface area contributed by atoms with Crippen molar-refractivity contribution in [2.45, 2.75) is 23.1 Å². The first-order chi connectivity index (χ1) is 20.0. The minimum absolute atomic E-state index is 0.00151. The first-order valence-electron chi connectivity index (χ1n) is 12.7. The number of anilines is 1. The summed E-state index contributed by atoms with van der Waals surface area (Å²) in [5, 5.41) is 21.8. The molecule has 0 aliphatic carbocycles. The Labute approximate surface area is 248 Å². The molecule has 5 aromatic rings. The van der Waals surface area contributed by atoms with Gasteiger partial charge in [0.2, 0.25) is 10.9 Å². The summed E-state index contributed by atoms with van der Waals surface area (Å²) in [6.07, 6.45) is 0. The predicted molar refractivity (Wildman–Crippen MR) is 162 cm³/mol. The van der Waals surface area contributed by atoms with Crippen molar-refractivity contribution in [3.05, 3.63) is 129 Å². The number of ketones is 1. The van der Waals surface area contributed by atoms with Crippen molar-refractivity contribution < 1.29 is 19.4 Å². The van der Waals surface area contributed by atoms with Crippen LogP contribution in [0.5, 0.6) is 11.5 Å². The second kappa shape index (κ2) is 11.7. The van der Waals surface area contributed by atoms with Crippen LogP contribution in [0, 0.1) is 6.92 Å². The van der Waals surface area contributed by atoms with Crippen molar-refractivity contribution in [2.75, 3.05) is 4.90 Å². The van der Waals surface area contributed by atoms with Crippen LogP contribution in [0.3, 0.4) is 0 Å². The summed E-state index contributed by atoms with van der Waals surface area (Å²) in [7, 11) is 0. The van der Waals surface area contributed by atoms with Crippen LogP contribution in [0.4, 0.5) is 5.13 Å². The van der Waals surface area contributed by atoms with Crippen molar-refractivity contribution in [1.29, 1.82) is 0 Å². The molecule has 6 rings (SSSR count). The molecule has 7 nitrogen and oxygen atoms in total. The number of benzene rings is 3. The second-order valence-corrected chi connectivity index (χ2v) is 12.4. The van der Waals surface area contributed by atoms with Crippen LogP contribution in [0.2, 0.25) is 0 Å². The van der Waals surface area contributed by atoms with Gasteiger partial charge in [0.25, 0.3) is 5.91 Å². The Balaban J connectivity index is 1.35. The van der Waals surface area contributed by atoms with Gasteiger partial charge >= 0.3 is 0 Å². The van der Waals surface area contributed by atoms with E-state index in [1.165, 1.54) is 44.9 Å². The van der Waals surface area contributed by atoms with E-state index in [9.17, 15) is 14.7 Å². The maximum atomic E-state index is 13.6. The van der Waals surface area contributed by atoms with Gasteiger partial charge in [-0.25, -0.2) is 0 Å². The van der Waals surface area contributed by atoms with Crippen LogP contribution in [0.1, 0.15) is 32.4 Å². The molecule has 10 heteroatoms. The number of Topliss-reactive ketones (excluding diaryl/α,β-unsaturated/α-hetero) is 1. The number of ether oxygens (including phenoxy) is 1. The number of aliphatic hydroxyl groups is 1. The highest BCUT2D eigenvalue weighted by Gasteiger charge is 2.46.